The second kappa shape index (κ2) is 7.27. The van der Waals surface area contributed by atoms with Gasteiger partial charge in [-0.05, 0) is 48.4 Å². The van der Waals surface area contributed by atoms with Crippen LogP contribution in [0.15, 0.2) is 36.4 Å². The summed E-state index contributed by atoms with van der Waals surface area (Å²) in [7, 11) is 2.04. The monoisotopic (exact) mass is 402 g/mol. The molecule has 6 heteroatoms. The molecule has 2 aromatic carbocycles. The van der Waals surface area contributed by atoms with Gasteiger partial charge in [-0.15, -0.1) is 0 Å². The Bertz CT molecular complexity index is 912. The fraction of sp³-hybridized carbons (Fsp3) is 0.333. The number of halogens is 2. The Morgan fingerprint density at radius 3 is 2.44 bits per heavy atom. The molecule has 0 aliphatic carbocycles. The van der Waals surface area contributed by atoms with E-state index in [1.807, 2.05) is 37.4 Å². The third kappa shape index (κ3) is 3.38. The summed E-state index contributed by atoms with van der Waals surface area (Å²) >= 11 is 12.8. The third-order valence-electron chi connectivity index (χ3n) is 5.33. The van der Waals surface area contributed by atoms with E-state index in [4.69, 9.17) is 23.2 Å². The van der Waals surface area contributed by atoms with Crippen molar-refractivity contribution in [3.63, 3.8) is 0 Å². The van der Waals surface area contributed by atoms with E-state index in [0.717, 1.165) is 29.8 Å². The predicted molar refractivity (Wildman–Crippen MR) is 107 cm³/mol. The fourth-order valence-electron chi connectivity index (χ4n) is 4.12. The number of carbonyl (C=O) groups is 2. The molecule has 27 heavy (non-hydrogen) atoms. The van der Waals surface area contributed by atoms with Crippen molar-refractivity contribution in [3.8, 4) is 0 Å². The largest absolute Gasteiger partial charge is 0.301 e. The second-order valence-corrected chi connectivity index (χ2v) is 8.08. The molecule has 2 amide bonds. The average Bonchev–Trinajstić information content (AvgIpc) is 2.62. The van der Waals surface area contributed by atoms with Crippen molar-refractivity contribution in [2.45, 2.75) is 31.7 Å². The highest BCUT2D eigenvalue weighted by molar-refractivity contribution is 6.35. The number of imide groups is 1. The van der Waals surface area contributed by atoms with Gasteiger partial charge in [0.05, 0.1) is 5.69 Å². The van der Waals surface area contributed by atoms with E-state index in [0.29, 0.717) is 35.0 Å². The number of hydrogen-bond acceptors (Lipinski definition) is 3. The van der Waals surface area contributed by atoms with Crippen LogP contribution in [0, 0.1) is 0 Å². The van der Waals surface area contributed by atoms with Gasteiger partial charge in [0, 0.05) is 41.9 Å². The van der Waals surface area contributed by atoms with E-state index in [2.05, 4.69) is 4.90 Å². The predicted octanol–water partition coefficient (Wildman–Crippen LogP) is 4.61. The van der Waals surface area contributed by atoms with Crippen LogP contribution in [-0.2, 0) is 16.1 Å². The molecule has 1 fully saturated rings. The normalized spacial score (nSPS) is 20.7. The van der Waals surface area contributed by atoms with Crippen molar-refractivity contribution < 1.29 is 9.59 Å². The third-order valence-corrected chi connectivity index (χ3v) is 5.88. The zero-order valence-electron chi connectivity index (χ0n) is 15.0. The lowest BCUT2D eigenvalue weighted by Crippen LogP contribution is -2.41. The summed E-state index contributed by atoms with van der Waals surface area (Å²) in [6.45, 7) is 1.50. The van der Waals surface area contributed by atoms with Crippen molar-refractivity contribution in [1.29, 1.82) is 0 Å². The Kier molecular flexibility index (Phi) is 4.97. The summed E-state index contributed by atoms with van der Waals surface area (Å²) in [6, 6.07) is 11.4. The molecule has 2 aliphatic rings. The average molecular weight is 403 g/mol. The lowest BCUT2D eigenvalue weighted by molar-refractivity contribution is -0.129. The van der Waals surface area contributed by atoms with Crippen LogP contribution in [0.3, 0.4) is 0 Å². The first-order valence-electron chi connectivity index (χ1n) is 9.07. The Hall–Kier alpha value is -1.88. The quantitative estimate of drug-likeness (QED) is 0.688. The minimum absolute atomic E-state index is 0.0197. The van der Waals surface area contributed by atoms with Crippen LogP contribution in [0.4, 0.5) is 5.69 Å². The molecule has 1 saturated heterocycles. The fourth-order valence-corrected chi connectivity index (χ4v) is 4.69. The summed E-state index contributed by atoms with van der Waals surface area (Å²) in [5.74, 6) is -0.284. The van der Waals surface area contributed by atoms with Gasteiger partial charge in [0.25, 0.3) is 0 Å². The molecular formula is C21H20Cl2N2O2. The smallest absolute Gasteiger partial charge is 0.233 e. The van der Waals surface area contributed by atoms with Crippen LogP contribution in [0.5, 0.6) is 0 Å². The van der Waals surface area contributed by atoms with Gasteiger partial charge < -0.3 is 4.90 Å². The molecule has 2 aliphatic heterocycles. The van der Waals surface area contributed by atoms with Crippen molar-refractivity contribution in [1.82, 2.24) is 4.90 Å². The molecule has 0 saturated carbocycles. The summed E-state index contributed by atoms with van der Waals surface area (Å²) in [6.07, 6.45) is 1.42. The van der Waals surface area contributed by atoms with Gasteiger partial charge >= 0.3 is 0 Å². The molecule has 0 spiro atoms. The van der Waals surface area contributed by atoms with Crippen LogP contribution in [0.25, 0.3) is 0 Å². The molecule has 4 nitrogen and oxygen atoms in total. The number of anilines is 1. The summed E-state index contributed by atoms with van der Waals surface area (Å²) in [5.41, 5.74) is 3.74. The van der Waals surface area contributed by atoms with Crippen LogP contribution in [-0.4, -0.2) is 30.3 Å². The Morgan fingerprint density at radius 2 is 1.70 bits per heavy atom. The lowest BCUT2D eigenvalue weighted by Gasteiger charge is -2.36. The molecule has 1 atom stereocenters. The highest BCUT2D eigenvalue weighted by Gasteiger charge is 2.33. The van der Waals surface area contributed by atoms with Gasteiger partial charge in [-0.25, -0.2) is 0 Å². The molecule has 0 unspecified atom stereocenters. The highest BCUT2D eigenvalue weighted by atomic mass is 35.5. The van der Waals surface area contributed by atoms with Gasteiger partial charge in [-0.2, -0.15) is 0 Å². The van der Waals surface area contributed by atoms with Gasteiger partial charge in [-0.1, -0.05) is 41.4 Å². The van der Waals surface area contributed by atoms with E-state index in [-0.39, 0.29) is 17.7 Å². The van der Waals surface area contributed by atoms with Crippen LogP contribution < -0.4 is 4.90 Å². The van der Waals surface area contributed by atoms with E-state index in [1.54, 1.807) is 6.07 Å². The summed E-state index contributed by atoms with van der Waals surface area (Å²) in [4.78, 5) is 28.6. The van der Waals surface area contributed by atoms with Crippen LogP contribution >= 0.6 is 23.2 Å². The number of piperidine rings is 1. The molecule has 140 valence electrons. The minimum Gasteiger partial charge on any atom is -0.301 e. The number of para-hydroxylation sites is 1. The second-order valence-electron chi connectivity index (χ2n) is 7.24. The minimum atomic E-state index is -0.132. The Labute approximate surface area is 168 Å². The van der Waals surface area contributed by atoms with E-state index in [1.165, 1.54) is 4.90 Å². The van der Waals surface area contributed by atoms with Gasteiger partial charge in [0.2, 0.25) is 11.8 Å². The van der Waals surface area contributed by atoms with E-state index >= 15 is 0 Å². The van der Waals surface area contributed by atoms with Crippen LogP contribution in [0.2, 0.25) is 10.0 Å². The zero-order valence-corrected chi connectivity index (χ0v) is 16.6. The van der Waals surface area contributed by atoms with Crippen molar-refractivity contribution in [3.05, 3.63) is 63.1 Å². The first kappa shape index (κ1) is 18.5. The number of likely N-dealkylation sites (N-methyl/N-ethyl adjacent to an activating group) is 1. The molecule has 4 rings (SSSR count). The van der Waals surface area contributed by atoms with E-state index in [9.17, 15) is 9.59 Å². The van der Waals surface area contributed by atoms with Crippen molar-refractivity contribution in [2.24, 2.45) is 0 Å². The Morgan fingerprint density at radius 1 is 1.00 bits per heavy atom. The lowest BCUT2D eigenvalue weighted by atomic mass is 9.83. The standard InChI is InChI=1S/C21H20Cl2N2O2/c1-24-11-16(15-9-13(22)10-18(23)17(15)12-24)14-5-2-3-6-19(14)25-20(26)7-4-8-21(25)27/h2-3,5-6,9-10,16H,4,7-8,11-12H2,1H3/t16-/m0/s1. The Balaban J connectivity index is 1.86. The number of nitrogens with zero attached hydrogens (tertiary/aromatic N) is 2. The molecular weight excluding hydrogens is 383 g/mol. The number of carbonyl (C=O) groups excluding carboxylic acids is 2. The molecule has 0 aromatic heterocycles. The maximum Gasteiger partial charge on any atom is 0.233 e. The zero-order chi connectivity index (χ0) is 19.1. The molecule has 2 aromatic rings. The molecule has 0 N–H and O–H groups in total. The van der Waals surface area contributed by atoms with Gasteiger partial charge in [0.15, 0.2) is 0 Å². The molecule has 0 bridgehead atoms. The maximum absolute atomic E-state index is 12.5. The number of hydrogen-bond donors (Lipinski definition) is 0. The first-order valence-corrected chi connectivity index (χ1v) is 9.82. The molecule has 2 heterocycles. The topological polar surface area (TPSA) is 40.6 Å². The van der Waals surface area contributed by atoms with Gasteiger partial charge in [0.1, 0.15) is 0 Å². The number of benzene rings is 2. The van der Waals surface area contributed by atoms with Crippen LogP contribution in [0.1, 0.15) is 41.9 Å². The van der Waals surface area contributed by atoms with Crippen molar-refractivity contribution >= 4 is 40.7 Å². The number of rotatable bonds is 2. The SMILES string of the molecule is CN1Cc2c(Cl)cc(Cl)cc2[C@H](c2ccccc2N2C(=O)CCCC2=O)C1. The highest BCUT2D eigenvalue weighted by Crippen LogP contribution is 2.41. The van der Waals surface area contributed by atoms with E-state index < -0.39 is 0 Å². The molecule has 0 radical (unpaired) electrons. The number of amides is 2. The number of fused-ring (bicyclic) bond motifs is 1. The maximum atomic E-state index is 12.5. The first-order chi connectivity index (χ1) is 13.0. The van der Waals surface area contributed by atoms with Gasteiger partial charge in [-0.3, -0.25) is 14.5 Å². The van der Waals surface area contributed by atoms with Crippen molar-refractivity contribution in [2.75, 3.05) is 18.5 Å². The summed E-state index contributed by atoms with van der Waals surface area (Å²) in [5, 5.41) is 1.24. The summed E-state index contributed by atoms with van der Waals surface area (Å²) < 4.78 is 0.